The van der Waals surface area contributed by atoms with Crippen LogP contribution >= 0.6 is 23.2 Å². The van der Waals surface area contributed by atoms with Crippen LogP contribution in [0.15, 0.2) is 22.7 Å². The van der Waals surface area contributed by atoms with Crippen LogP contribution in [0.25, 0.3) is 11.3 Å². The number of nitrogens with one attached hydrogen (secondary N) is 1. The van der Waals surface area contributed by atoms with Crippen LogP contribution in [0.3, 0.4) is 0 Å². The van der Waals surface area contributed by atoms with Crippen molar-refractivity contribution in [1.29, 1.82) is 0 Å². The Kier molecular flexibility index (Phi) is 6.39. The number of carbonyl (C=O) groups excluding carboxylic acids is 2. The highest BCUT2D eigenvalue weighted by Gasteiger charge is 2.29. The molecule has 0 aliphatic heterocycles. The number of methoxy groups -OCH3 is 1. The van der Waals surface area contributed by atoms with Crippen molar-refractivity contribution in [2.45, 2.75) is 38.5 Å². The molecule has 27 heavy (non-hydrogen) atoms. The molecule has 0 spiro atoms. The van der Waals surface area contributed by atoms with Gasteiger partial charge >= 0.3 is 5.97 Å². The van der Waals surface area contributed by atoms with Crippen molar-refractivity contribution >= 4 is 41.0 Å². The number of benzene rings is 1. The van der Waals surface area contributed by atoms with E-state index in [2.05, 4.69) is 10.5 Å². The van der Waals surface area contributed by atoms with Gasteiger partial charge < -0.3 is 9.26 Å². The monoisotopic (exact) mass is 410 g/mol. The molecule has 1 heterocycles. The molecule has 1 aromatic carbocycles. The molecular formula is C19H20Cl2N2O4. The van der Waals surface area contributed by atoms with E-state index in [1.807, 2.05) is 0 Å². The highest BCUT2D eigenvalue weighted by atomic mass is 35.5. The minimum atomic E-state index is -0.699. The Bertz CT molecular complexity index is 824. The molecule has 1 fully saturated rings. The van der Waals surface area contributed by atoms with Crippen LogP contribution in [0.2, 0.25) is 10.0 Å². The van der Waals surface area contributed by atoms with E-state index in [1.165, 1.54) is 13.5 Å². The number of hydrogen-bond acceptors (Lipinski definition) is 5. The van der Waals surface area contributed by atoms with Gasteiger partial charge in [0.1, 0.15) is 5.69 Å². The van der Waals surface area contributed by atoms with Gasteiger partial charge in [0.2, 0.25) is 11.8 Å². The van der Waals surface area contributed by atoms with Crippen molar-refractivity contribution in [3.63, 3.8) is 0 Å². The molecule has 144 valence electrons. The normalized spacial score (nSPS) is 14.8. The molecule has 1 amide bonds. The summed E-state index contributed by atoms with van der Waals surface area (Å²) in [5, 5.41) is 7.18. The standard InChI is InChI=1S/C19H20Cl2N2O4/c1-26-19(25)16-17(15-12(20)8-5-9-13(15)21)23-27-18(16)22-14(24)10-11-6-3-2-4-7-11/h5,8-9,11H,2-4,6-7,10H2,1H3,(H,22,24). The molecule has 2 aromatic rings. The largest absolute Gasteiger partial charge is 0.465 e. The van der Waals surface area contributed by atoms with Gasteiger partial charge in [0.25, 0.3) is 0 Å². The Morgan fingerprint density at radius 3 is 2.52 bits per heavy atom. The summed E-state index contributed by atoms with van der Waals surface area (Å²) in [5.41, 5.74) is 0.465. The summed E-state index contributed by atoms with van der Waals surface area (Å²) < 4.78 is 10.1. The summed E-state index contributed by atoms with van der Waals surface area (Å²) >= 11 is 12.4. The molecule has 1 aliphatic rings. The van der Waals surface area contributed by atoms with Crippen molar-refractivity contribution in [3.05, 3.63) is 33.8 Å². The fraction of sp³-hybridized carbons (Fsp3) is 0.421. The maximum absolute atomic E-state index is 12.4. The van der Waals surface area contributed by atoms with Gasteiger partial charge in [0.05, 0.1) is 17.2 Å². The lowest BCUT2D eigenvalue weighted by atomic mass is 9.87. The maximum atomic E-state index is 12.4. The molecule has 1 aliphatic carbocycles. The van der Waals surface area contributed by atoms with Gasteiger partial charge in [-0.3, -0.25) is 10.1 Å². The van der Waals surface area contributed by atoms with Crippen LogP contribution in [0, 0.1) is 5.92 Å². The van der Waals surface area contributed by atoms with Crippen molar-refractivity contribution in [2.24, 2.45) is 5.92 Å². The second-order valence-electron chi connectivity index (χ2n) is 6.58. The minimum Gasteiger partial charge on any atom is -0.465 e. The van der Waals surface area contributed by atoms with Crippen molar-refractivity contribution in [2.75, 3.05) is 12.4 Å². The summed E-state index contributed by atoms with van der Waals surface area (Å²) in [4.78, 5) is 24.7. The van der Waals surface area contributed by atoms with E-state index >= 15 is 0 Å². The van der Waals surface area contributed by atoms with E-state index in [1.54, 1.807) is 18.2 Å². The van der Waals surface area contributed by atoms with E-state index in [0.717, 1.165) is 25.7 Å². The Labute approximate surface area is 167 Å². The third-order valence-electron chi connectivity index (χ3n) is 4.73. The number of amides is 1. The second kappa shape index (κ2) is 8.76. The van der Waals surface area contributed by atoms with E-state index < -0.39 is 5.97 Å². The van der Waals surface area contributed by atoms with Gasteiger partial charge in [0.15, 0.2) is 5.56 Å². The molecule has 0 atom stereocenters. The summed E-state index contributed by atoms with van der Waals surface area (Å²) in [6.07, 6.45) is 5.95. The molecule has 1 N–H and O–H groups in total. The zero-order valence-electron chi connectivity index (χ0n) is 14.9. The van der Waals surface area contributed by atoms with Crippen LogP contribution in [0.1, 0.15) is 48.9 Å². The summed E-state index contributed by atoms with van der Waals surface area (Å²) in [6.45, 7) is 0. The fourth-order valence-electron chi connectivity index (χ4n) is 3.39. The average molecular weight is 411 g/mol. The second-order valence-corrected chi connectivity index (χ2v) is 7.39. The average Bonchev–Trinajstić information content (AvgIpc) is 3.04. The smallest absolute Gasteiger partial charge is 0.345 e. The fourth-order valence-corrected chi connectivity index (χ4v) is 3.97. The number of anilines is 1. The summed E-state index contributed by atoms with van der Waals surface area (Å²) in [6, 6.07) is 4.93. The van der Waals surface area contributed by atoms with Crippen LogP contribution in [-0.2, 0) is 9.53 Å². The zero-order chi connectivity index (χ0) is 19.4. The molecule has 6 nitrogen and oxygen atoms in total. The first-order chi connectivity index (χ1) is 13.0. The minimum absolute atomic E-state index is 0.00973. The first-order valence-electron chi connectivity index (χ1n) is 8.83. The van der Waals surface area contributed by atoms with Gasteiger partial charge in [-0.1, -0.05) is 53.7 Å². The molecule has 0 radical (unpaired) electrons. The molecule has 1 saturated carbocycles. The molecule has 0 unspecified atom stereocenters. The highest BCUT2D eigenvalue weighted by Crippen LogP contribution is 2.38. The lowest BCUT2D eigenvalue weighted by Crippen LogP contribution is -2.19. The Balaban J connectivity index is 1.89. The van der Waals surface area contributed by atoms with Gasteiger partial charge in [-0.2, -0.15) is 0 Å². The van der Waals surface area contributed by atoms with Crippen molar-refractivity contribution in [3.8, 4) is 11.3 Å². The summed E-state index contributed by atoms with van der Waals surface area (Å²) in [7, 11) is 1.24. The van der Waals surface area contributed by atoms with Crippen molar-refractivity contribution in [1.82, 2.24) is 5.16 Å². The molecular weight excluding hydrogens is 391 g/mol. The number of hydrogen-bond donors (Lipinski definition) is 1. The van der Waals surface area contributed by atoms with Gasteiger partial charge in [-0.05, 0) is 30.9 Å². The molecule has 3 rings (SSSR count). The molecule has 0 bridgehead atoms. The molecule has 0 saturated heterocycles. The number of esters is 1. The summed E-state index contributed by atoms with van der Waals surface area (Å²) in [5.74, 6) is -0.635. The van der Waals surface area contributed by atoms with Crippen molar-refractivity contribution < 1.29 is 18.8 Å². The third kappa shape index (κ3) is 4.45. The van der Waals surface area contributed by atoms with Gasteiger partial charge in [0, 0.05) is 12.0 Å². The Morgan fingerprint density at radius 1 is 1.22 bits per heavy atom. The highest BCUT2D eigenvalue weighted by molar-refractivity contribution is 6.39. The van der Waals surface area contributed by atoms with Crippen LogP contribution in [0.5, 0.6) is 0 Å². The third-order valence-corrected chi connectivity index (χ3v) is 5.36. The predicted octanol–water partition coefficient (Wildman–Crippen LogP) is 5.34. The quantitative estimate of drug-likeness (QED) is 0.672. The lowest BCUT2D eigenvalue weighted by molar-refractivity contribution is -0.117. The number of rotatable bonds is 5. The number of aromatic nitrogens is 1. The van der Waals surface area contributed by atoms with Crippen LogP contribution in [0.4, 0.5) is 5.88 Å². The lowest BCUT2D eigenvalue weighted by Gasteiger charge is -2.20. The SMILES string of the molecule is COC(=O)c1c(-c2c(Cl)cccc2Cl)noc1NC(=O)CC1CCCCC1. The van der Waals surface area contributed by atoms with E-state index in [4.69, 9.17) is 32.5 Å². The number of nitrogens with zero attached hydrogens (tertiary/aromatic N) is 1. The molecule has 8 heteroatoms. The topological polar surface area (TPSA) is 81.4 Å². The Morgan fingerprint density at radius 2 is 1.89 bits per heavy atom. The molecule has 1 aromatic heterocycles. The maximum Gasteiger partial charge on any atom is 0.345 e. The zero-order valence-corrected chi connectivity index (χ0v) is 16.4. The predicted molar refractivity (Wildman–Crippen MR) is 103 cm³/mol. The van der Waals surface area contributed by atoms with Crippen LogP contribution in [-0.4, -0.2) is 24.1 Å². The number of ether oxygens (including phenoxy) is 1. The Hall–Kier alpha value is -2.05. The number of halogens is 2. The van der Waals surface area contributed by atoms with E-state index in [0.29, 0.717) is 27.9 Å². The first kappa shape index (κ1) is 19.7. The van der Waals surface area contributed by atoms with Crippen LogP contribution < -0.4 is 5.32 Å². The number of carbonyl (C=O) groups is 2. The van der Waals surface area contributed by atoms with E-state index in [-0.39, 0.29) is 23.0 Å². The van der Waals surface area contributed by atoms with E-state index in [9.17, 15) is 9.59 Å². The van der Waals surface area contributed by atoms with Gasteiger partial charge in [-0.25, -0.2) is 4.79 Å². The first-order valence-corrected chi connectivity index (χ1v) is 9.59. The van der Waals surface area contributed by atoms with Gasteiger partial charge in [-0.15, -0.1) is 0 Å².